The molecule has 3 N–H and O–H groups in total. The molecule has 1 aliphatic carbocycles. The summed E-state index contributed by atoms with van der Waals surface area (Å²) in [7, 11) is 4.02. The van der Waals surface area contributed by atoms with Gasteiger partial charge in [-0.3, -0.25) is 5.01 Å². The molecule has 0 aromatic rings. The van der Waals surface area contributed by atoms with Gasteiger partial charge in [-0.05, 0) is 19.3 Å². The van der Waals surface area contributed by atoms with E-state index in [-0.39, 0.29) is 5.54 Å². The molecule has 0 aliphatic heterocycles. The highest BCUT2D eigenvalue weighted by molar-refractivity contribution is 4.95. The quantitative estimate of drug-likeness (QED) is 0.544. The molecule has 1 rings (SSSR count). The Morgan fingerprint density at radius 2 is 2.10 bits per heavy atom. The molecular formula is C7H17N3. The summed E-state index contributed by atoms with van der Waals surface area (Å²) in [6, 6.07) is 0. The van der Waals surface area contributed by atoms with Crippen molar-refractivity contribution in [3.8, 4) is 0 Å². The fourth-order valence-corrected chi connectivity index (χ4v) is 1.44. The van der Waals surface area contributed by atoms with Crippen LogP contribution >= 0.6 is 0 Å². The molecule has 0 bridgehead atoms. The molecule has 0 atom stereocenters. The van der Waals surface area contributed by atoms with Gasteiger partial charge in [0, 0.05) is 26.2 Å². The molecule has 60 valence electrons. The van der Waals surface area contributed by atoms with Crippen LogP contribution in [0, 0.1) is 0 Å². The van der Waals surface area contributed by atoms with E-state index in [9.17, 15) is 0 Å². The summed E-state index contributed by atoms with van der Waals surface area (Å²) in [5.41, 5.74) is 9.22. The van der Waals surface area contributed by atoms with E-state index in [0.29, 0.717) is 0 Å². The summed E-state index contributed by atoms with van der Waals surface area (Å²) in [6.45, 7) is 0.755. The molecule has 0 heterocycles. The Morgan fingerprint density at radius 3 is 2.20 bits per heavy atom. The summed E-state index contributed by atoms with van der Waals surface area (Å²) in [6.07, 6.45) is 3.77. The Morgan fingerprint density at radius 1 is 1.50 bits per heavy atom. The van der Waals surface area contributed by atoms with E-state index >= 15 is 0 Å². The Bertz CT molecular complexity index is 102. The maximum absolute atomic E-state index is 5.63. The van der Waals surface area contributed by atoms with Gasteiger partial charge in [0.15, 0.2) is 0 Å². The zero-order chi connectivity index (χ0) is 7.61. The van der Waals surface area contributed by atoms with Gasteiger partial charge in [0.1, 0.15) is 0 Å². The van der Waals surface area contributed by atoms with Crippen LogP contribution in [0.4, 0.5) is 0 Å². The van der Waals surface area contributed by atoms with E-state index in [0.717, 1.165) is 6.54 Å². The molecule has 0 radical (unpaired) electrons. The maximum Gasteiger partial charge on any atom is 0.0447 e. The normalized spacial score (nSPS) is 22.8. The zero-order valence-corrected chi connectivity index (χ0v) is 6.85. The number of nitrogens with two attached hydrogens (primary N) is 1. The molecule has 1 aliphatic rings. The van der Waals surface area contributed by atoms with Crippen LogP contribution in [0.3, 0.4) is 0 Å². The largest absolute Gasteiger partial charge is 0.329 e. The number of hydrogen-bond donors (Lipinski definition) is 2. The minimum Gasteiger partial charge on any atom is -0.329 e. The topological polar surface area (TPSA) is 41.3 Å². The zero-order valence-electron chi connectivity index (χ0n) is 6.85. The van der Waals surface area contributed by atoms with Gasteiger partial charge < -0.3 is 5.73 Å². The van der Waals surface area contributed by atoms with Crippen molar-refractivity contribution in [2.24, 2.45) is 5.73 Å². The van der Waals surface area contributed by atoms with Crippen molar-refractivity contribution in [3.05, 3.63) is 0 Å². The van der Waals surface area contributed by atoms with E-state index < -0.39 is 0 Å². The van der Waals surface area contributed by atoms with Gasteiger partial charge in [-0.1, -0.05) is 0 Å². The molecule has 3 nitrogen and oxygen atoms in total. The first kappa shape index (κ1) is 7.98. The molecule has 0 aromatic carbocycles. The van der Waals surface area contributed by atoms with Crippen molar-refractivity contribution in [3.63, 3.8) is 0 Å². The highest BCUT2D eigenvalue weighted by atomic mass is 15.5. The third kappa shape index (κ3) is 1.48. The number of hydrogen-bond acceptors (Lipinski definition) is 3. The molecule has 0 spiro atoms. The minimum absolute atomic E-state index is 0.240. The van der Waals surface area contributed by atoms with Crippen molar-refractivity contribution in [1.29, 1.82) is 0 Å². The Labute approximate surface area is 62.5 Å². The average Bonchev–Trinajstić information content (AvgIpc) is 1.78. The van der Waals surface area contributed by atoms with Crippen molar-refractivity contribution < 1.29 is 0 Å². The minimum atomic E-state index is 0.240. The van der Waals surface area contributed by atoms with Gasteiger partial charge >= 0.3 is 0 Å². The van der Waals surface area contributed by atoms with Gasteiger partial charge in [0.2, 0.25) is 0 Å². The second kappa shape index (κ2) is 2.86. The third-order valence-corrected chi connectivity index (χ3v) is 2.16. The SMILES string of the molecule is CN(C)NC1(CN)CCC1. The number of nitrogens with one attached hydrogen (secondary N) is 1. The summed E-state index contributed by atoms with van der Waals surface area (Å²) in [5.74, 6) is 0. The predicted molar refractivity (Wildman–Crippen MR) is 42.5 cm³/mol. The first-order chi connectivity index (χ1) is 4.68. The first-order valence-electron chi connectivity index (χ1n) is 3.84. The lowest BCUT2D eigenvalue weighted by Gasteiger charge is -2.43. The Balaban J connectivity index is 2.33. The Kier molecular flexibility index (Phi) is 2.28. The number of hydrazine groups is 1. The van der Waals surface area contributed by atoms with Crippen LogP contribution in [0.25, 0.3) is 0 Å². The smallest absolute Gasteiger partial charge is 0.0447 e. The van der Waals surface area contributed by atoms with Gasteiger partial charge in [0.25, 0.3) is 0 Å². The molecular weight excluding hydrogens is 126 g/mol. The third-order valence-electron chi connectivity index (χ3n) is 2.16. The van der Waals surface area contributed by atoms with Gasteiger partial charge in [-0.2, -0.15) is 0 Å². The lowest BCUT2D eigenvalue weighted by molar-refractivity contribution is 0.0913. The molecule has 3 heteroatoms. The Hall–Kier alpha value is -0.120. The van der Waals surface area contributed by atoms with Crippen molar-refractivity contribution in [2.45, 2.75) is 24.8 Å². The van der Waals surface area contributed by atoms with Crippen LogP contribution in [-0.4, -0.2) is 31.2 Å². The van der Waals surface area contributed by atoms with Crippen LogP contribution in [0.15, 0.2) is 0 Å². The molecule has 0 aromatic heterocycles. The fourth-order valence-electron chi connectivity index (χ4n) is 1.44. The fraction of sp³-hybridized carbons (Fsp3) is 1.00. The summed E-state index contributed by atoms with van der Waals surface area (Å²) < 4.78 is 0. The molecule has 1 fully saturated rings. The molecule has 0 unspecified atom stereocenters. The lowest BCUT2D eigenvalue weighted by atomic mass is 9.77. The van der Waals surface area contributed by atoms with Gasteiger partial charge in [0.05, 0.1) is 0 Å². The lowest BCUT2D eigenvalue weighted by Crippen LogP contribution is -2.60. The molecule has 0 saturated heterocycles. The van der Waals surface area contributed by atoms with E-state index in [1.165, 1.54) is 19.3 Å². The number of rotatable bonds is 3. The standard InChI is InChI=1S/C7H17N3/c1-10(2)9-7(6-8)4-3-5-7/h9H,3-6,8H2,1-2H3. The van der Waals surface area contributed by atoms with Crippen molar-refractivity contribution >= 4 is 0 Å². The molecule has 10 heavy (non-hydrogen) atoms. The van der Waals surface area contributed by atoms with Crippen LogP contribution in [0.5, 0.6) is 0 Å². The van der Waals surface area contributed by atoms with E-state index in [1.807, 2.05) is 19.1 Å². The van der Waals surface area contributed by atoms with Crippen LogP contribution in [-0.2, 0) is 0 Å². The highest BCUT2D eigenvalue weighted by Gasteiger charge is 2.35. The summed E-state index contributed by atoms with van der Waals surface area (Å²) >= 11 is 0. The summed E-state index contributed by atoms with van der Waals surface area (Å²) in [5, 5.41) is 1.99. The second-order valence-corrected chi connectivity index (χ2v) is 3.34. The average molecular weight is 143 g/mol. The molecule has 1 saturated carbocycles. The second-order valence-electron chi connectivity index (χ2n) is 3.34. The predicted octanol–water partition coefficient (Wildman–Crippen LogP) is -0.0660. The number of nitrogens with zero attached hydrogens (tertiary/aromatic N) is 1. The van der Waals surface area contributed by atoms with E-state index in [2.05, 4.69) is 5.43 Å². The van der Waals surface area contributed by atoms with E-state index in [1.54, 1.807) is 0 Å². The monoisotopic (exact) mass is 143 g/mol. The van der Waals surface area contributed by atoms with Crippen LogP contribution < -0.4 is 11.2 Å². The van der Waals surface area contributed by atoms with Gasteiger partial charge in [-0.15, -0.1) is 0 Å². The van der Waals surface area contributed by atoms with E-state index in [4.69, 9.17) is 5.73 Å². The van der Waals surface area contributed by atoms with Crippen LogP contribution in [0.1, 0.15) is 19.3 Å². The van der Waals surface area contributed by atoms with Crippen LogP contribution in [0.2, 0.25) is 0 Å². The first-order valence-corrected chi connectivity index (χ1v) is 3.84. The highest BCUT2D eigenvalue weighted by Crippen LogP contribution is 2.30. The van der Waals surface area contributed by atoms with Crippen molar-refractivity contribution in [2.75, 3.05) is 20.6 Å². The maximum atomic E-state index is 5.63. The van der Waals surface area contributed by atoms with Crippen molar-refractivity contribution in [1.82, 2.24) is 10.4 Å². The van der Waals surface area contributed by atoms with Gasteiger partial charge in [-0.25, -0.2) is 5.43 Å². The summed E-state index contributed by atoms with van der Waals surface area (Å²) in [4.78, 5) is 0. The molecule has 0 amide bonds.